The van der Waals surface area contributed by atoms with Crippen molar-refractivity contribution in [3.05, 3.63) is 106 Å². The molecule has 0 atom stereocenters. The smallest absolute Gasteiger partial charge is 0.200 e. The Morgan fingerprint density at radius 3 is 2.31 bits per heavy atom. The molecule has 1 heterocycles. The fourth-order valence-electron chi connectivity index (χ4n) is 3.61. The summed E-state index contributed by atoms with van der Waals surface area (Å²) in [5, 5.41) is 0.387. The van der Waals surface area contributed by atoms with Crippen LogP contribution in [0.15, 0.2) is 77.7 Å². The van der Waals surface area contributed by atoms with Crippen LogP contribution in [0, 0.1) is 5.82 Å². The van der Waals surface area contributed by atoms with Gasteiger partial charge in [0, 0.05) is 18.3 Å². The van der Waals surface area contributed by atoms with Crippen LogP contribution in [0.4, 0.5) is 4.39 Å². The first kappa shape index (κ1) is 21.3. The SMILES string of the molecule is CCOc1ccc2c(c1)c(=O)c(C(=O)c1ccc(OC)cc1)cn2Cc1ccc(F)cc1. The number of hydrogen-bond acceptors (Lipinski definition) is 4. The van der Waals surface area contributed by atoms with Gasteiger partial charge in [-0.05, 0) is 67.1 Å². The molecule has 0 radical (unpaired) electrons. The van der Waals surface area contributed by atoms with E-state index in [2.05, 4.69) is 0 Å². The number of pyridine rings is 1. The maximum absolute atomic E-state index is 13.3. The summed E-state index contributed by atoms with van der Waals surface area (Å²) in [5.41, 5.74) is 1.58. The third kappa shape index (κ3) is 4.25. The largest absolute Gasteiger partial charge is 0.497 e. The van der Waals surface area contributed by atoms with Gasteiger partial charge in [0.25, 0.3) is 0 Å². The molecule has 0 bridgehead atoms. The molecule has 4 aromatic rings. The van der Waals surface area contributed by atoms with Crippen LogP contribution in [0.5, 0.6) is 11.5 Å². The summed E-state index contributed by atoms with van der Waals surface area (Å²) in [6.45, 7) is 2.69. The van der Waals surface area contributed by atoms with Gasteiger partial charge in [-0.2, -0.15) is 0 Å². The zero-order valence-corrected chi connectivity index (χ0v) is 17.8. The number of ketones is 1. The summed E-state index contributed by atoms with van der Waals surface area (Å²) in [4.78, 5) is 26.5. The van der Waals surface area contributed by atoms with Gasteiger partial charge in [-0.15, -0.1) is 0 Å². The lowest BCUT2D eigenvalue weighted by molar-refractivity contribution is 0.103. The molecule has 0 aliphatic rings. The van der Waals surface area contributed by atoms with Crippen LogP contribution in [-0.4, -0.2) is 24.1 Å². The van der Waals surface area contributed by atoms with Gasteiger partial charge in [-0.1, -0.05) is 12.1 Å². The predicted molar refractivity (Wildman–Crippen MR) is 121 cm³/mol. The van der Waals surface area contributed by atoms with Gasteiger partial charge in [0.1, 0.15) is 17.3 Å². The number of hydrogen-bond donors (Lipinski definition) is 0. The second-order valence-corrected chi connectivity index (χ2v) is 7.30. The van der Waals surface area contributed by atoms with E-state index in [-0.39, 0.29) is 22.6 Å². The third-order valence-corrected chi connectivity index (χ3v) is 5.23. The molecule has 0 N–H and O–H groups in total. The number of carbonyl (C=O) groups is 1. The van der Waals surface area contributed by atoms with Gasteiger partial charge < -0.3 is 14.0 Å². The predicted octanol–water partition coefficient (Wildman–Crippen LogP) is 4.83. The molecule has 0 aliphatic heterocycles. The number of benzene rings is 3. The van der Waals surface area contributed by atoms with Crippen molar-refractivity contribution in [2.75, 3.05) is 13.7 Å². The van der Waals surface area contributed by atoms with Gasteiger partial charge in [-0.25, -0.2) is 4.39 Å². The van der Waals surface area contributed by atoms with Gasteiger partial charge >= 0.3 is 0 Å². The second-order valence-electron chi connectivity index (χ2n) is 7.30. The molecule has 0 unspecified atom stereocenters. The van der Waals surface area contributed by atoms with Crippen molar-refractivity contribution in [1.29, 1.82) is 0 Å². The minimum Gasteiger partial charge on any atom is -0.497 e. The lowest BCUT2D eigenvalue weighted by atomic mass is 10.0. The third-order valence-electron chi connectivity index (χ3n) is 5.23. The highest BCUT2D eigenvalue weighted by molar-refractivity contribution is 6.10. The van der Waals surface area contributed by atoms with Gasteiger partial charge in [0.05, 0.1) is 30.2 Å². The van der Waals surface area contributed by atoms with Crippen molar-refractivity contribution in [1.82, 2.24) is 4.57 Å². The molecule has 0 amide bonds. The Labute approximate surface area is 184 Å². The number of ether oxygens (including phenoxy) is 2. The summed E-state index contributed by atoms with van der Waals surface area (Å²) in [6, 6.07) is 18.0. The van der Waals surface area contributed by atoms with Crippen LogP contribution in [0.1, 0.15) is 28.4 Å². The molecular weight excluding hydrogens is 409 g/mol. The average Bonchev–Trinajstić information content (AvgIpc) is 2.82. The molecule has 0 aliphatic carbocycles. The van der Waals surface area contributed by atoms with Gasteiger partial charge in [0.15, 0.2) is 5.78 Å². The minimum atomic E-state index is -0.380. The van der Waals surface area contributed by atoms with Crippen LogP contribution in [-0.2, 0) is 6.54 Å². The highest BCUT2D eigenvalue weighted by atomic mass is 19.1. The first-order chi connectivity index (χ1) is 15.5. The van der Waals surface area contributed by atoms with Crippen LogP contribution in [0.25, 0.3) is 10.9 Å². The number of nitrogens with zero attached hydrogens (tertiary/aromatic N) is 1. The average molecular weight is 431 g/mol. The molecule has 0 saturated heterocycles. The number of rotatable bonds is 7. The molecule has 1 aromatic heterocycles. The van der Waals surface area contributed by atoms with Crippen molar-refractivity contribution in [2.45, 2.75) is 13.5 Å². The van der Waals surface area contributed by atoms with Crippen LogP contribution in [0.3, 0.4) is 0 Å². The van der Waals surface area contributed by atoms with Crippen molar-refractivity contribution in [3.8, 4) is 11.5 Å². The maximum atomic E-state index is 13.3. The highest BCUT2D eigenvalue weighted by Crippen LogP contribution is 2.22. The van der Waals surface area contributed by atoms with Crippen LogP contribution in [0.2, 0.25) is 0 Å². The first-order valence-electron chi connectivity index (χ1n) is 10.2. The molecule has 0 saturated carbocycles. The number of fused-ring (bicyclic) bond motifs is 1. The van der Waals surface area contributed by atoms with E-state index in [1.165, 1.54) is 12.1 Å². The highest BCUT2D eigenvalue weighted by Gasteiger charge is 2.18. The zero-order valence-electron chi connectivity index (χ0n) is 17.8. The van der Waals surface area contributed by atoms with E-state index in [9.17, 15) is 14.0 Å². The number of methoxy groups -OCH3 is 1. The maximum Gasteiger partial charge on any atom is 0.200 e. The number of aromatic nitrogens is 1. The molecule has 4 rings (SSSR count). The summed E-state index contributed by atoms with van der Waals surface area (Å²) in [7, 11) is 1.55. The molecule has 162 valence electrons. The second kappa shape index (κ2) is 9.06. The van der Waals surface area contributed by atoms with Crippen molar-refractivity contribution in [2.24, 2.45) is 0 Å². The van der Waals surface area contributed by atoms with E-state index in [1.54, 1.807) is 67.9 Å². The van der Waals surface area contributed by atoms with E-state index < -0.39 is 0 Å². The van der Waals surface area contributed by atoms with E-state index in [1.807, 2.05) is 11.5 Å². The van der Waals surface area contributed by atoms with E-state index in [4.69, 9.17) is 9.47 Å². The molecule has 3 aromatic carbocycles. The molecule has 5 nitrogen and oxygen atoms in total. The molecular formula is C26H22FNO4. The summed E-state index contributed by atoms with van der Waals surface area (Å²) in [6.07, 6.45) is 1.57. The topological polar surface area (TPSA) is 57.5 Å². The van der Waals surface area contributed by atoms with E-state index in [0.29, 0.717) is 41.1 Å². The van der Waals surface area contributed by atoms with Crippen molar-refractivity contribution < 1.29 is 18.7 Å². The Balaban J connectivity index is 1.87. The van der Waals surface area contributed by atoms with E-state index in [0.717, 1.165) is 5.56 Å². The quantitative estimate of drug-likeness (QED) is 0.394. The lowest BCUT2D eigenvalue weighted by Crippen LogP contribution is -2.20. The summed E-state index contributed by atoms with van der Waals surface area (Å²) in [5.74, 6) is 0.471. The van der Waals surface area contributed by atoms with Gasteiger partial charge in [-0.3, -0.25) is 9.59 Å². The Bertz CT molecular complexity index is 1330. The molecule has 0 spiro atoms. The van der Waals surface area contributed by atoms with Gasteiger partial charge in [0.2, 0.25) is 5.43 Å². The normalized spacial score (nSPS) is 10.8. The zero-order chi connectivity index (χ0) is 22.7. The molecule has 32 heavy (non-hydrogen) atoms. The fraction of sp³-hybridized carbons (Fsp3) is 0.154. The fourth-order valence-corrected chi connectivity index (χ4v) is 3.61. The van der Waals surface area contributed by atoms with Crippen molar-refractivity contribution >= 4 is 16.7 Å². The standard InChI is InChI=1S/C26H22FNO4/c1-3-32-21-12-13-24-22(14-21)26(30)23(25(29)18-6-10-20(31-2)11-7-18)16-28(24)15-17-4-8-19(27)9-5-17/h4-14,16H,3,15H2,1-2H3. The Kier molecular flexibility index (Phi) is 6.03. The minimum absolute atomic E-state index is 0.0541. The van der Waals surface area contributed by atoms with Crippen LogP contribution < -0.4 is 14.9 Å². The van der Waals surface area contributed by atoms with Crippen LogP contribution >= 0.6 is 0 Å². The monoisotopic (exact) mass is 431 g/mol. The molecule has 0 fully saturated rings. The van der Waals surface area contributed by atoms with Crippen molar-refractivity contribution in [3.63, 3.8) is 0 Å². The Hall–Kier alpha value is -3.93. The summed E-state index contributed by atoms with van der Waals surface area (Å²) < 4.78 is 25.9. The van der Waals surface area contributed by atoms with E-state index >= 15 is 0 Å². The number of carbonyl (C=O) groups excluding carboxylic acids is 1. The molecule has 6 heteroatoms. The first-order valence-corrected chi connectivity index (χ1v) is 10.2. The lowest BCUT2D eigenvalue weighted by Gasteiger charge is -2.15. The summed E-state index contributed by atoms with van der Waals surface area (Å²) >= 11 is 0. The Morgan fingerprint density at radius 2 is 1.66 bits per heavy atom. The number of halogens is 1. The Morgan fingerprint density at radius 1 is 0.969 bits per heavy atom.